The molecule has 0 radical (unpaired) electrons. The van der Waals surface area contributed by atoms with Gasteiger partial charge in [-0.1, -0.05) is 13.8 Å². The van der Waals surface area contributed by atoms with Gasteiger partial charge < -0.3 is 20.9 Å². The molecule has 2 unspecified atom stereocenters. The summed E-state index contributed by atoms with van der Waals surface area (Å²) in [5, 5.41) is 0. The van der Waals surface area contributed by atoms with Crippen LogP contribution in [0.15, 0.2) is 0 Å². The Morgan fingerprint density at radius 2 is 1.27 bits per heavy atom. The summed E-state index contributed by atoms with van der Waals surface area (Å²) in [7, 11) is 0. The lowest BCUT2D eigenvalue weighted by molar-refractivity contribution is -0.217. The molecule has 0 aliphatic rings. The Bertz CT molecular complexity index is 147. The molecule has 15 heavy (non-hydrogen) atoms. The fourth-order valence-electron chi connectivity index (χ4n) is 0.893. The Kier molecular flexibility index (Phi) is 7.09. The molecule has 0 aromatic rings. The first-order valence-electron chi connectivity index (χ1n) is 5.70. The van der Waals surface area contributed by atoms with Crippen LogP contribution in [0.4, 0.5) is 0 Å². The lowest BCUT2D eigenvalue weighted by Crippen LogP contribution is -2.38. The molecule has 0 spiro atoms. The van der Waals surface area contributed by atoms with Crippen molar-refractivity contribution < 1.29 is 9.47 Å². The summed E-state index contributed by atoms with van der Waals surface area (Å²) < 4.78 is 11.1. The van der Waals surface area contributed by atoms with E-state index in [2.05, 4.69) is 0 Å². The van der Waals surface area contributed by atoms with Crippen molar-refractivity contribution in [3.05, 3.63) is 0 Å². The molecule has 0 aromatic heterocycles. The van der Waals surface area contributed by atoms with E-state index in [1.54, 1.807) is 0 Å². The molecule has 0 bridgehead atoms. The van der Waals surface area contributed by atoms with E-state index in [0.29, 0.717) is 13.2 Å². The van der Waals surface area contributed by atoms with Gasteiger partial charge in [0.05, 0.1) is 13.2 Å². The summed E-state index contributed by atoms with van der Waals surface area (Å²) in [5.74, 6) is -0.598. The number of hydrogen-bond donors (Lipinski definition) is 2. The SMILES string of the molecule is CCC(N)COC(C)(C)OCC(N)CC. The molecule has 0 heterocycles. The van der Waals surface area contributed by atoms with Crippen molar-refractivity contribution in [2.45, 2.75) is 58.4 Å². The maximum absolute atomic E-state index is 5.76. The third-order valence-electron chi connectivity index (χ3n) is 2.34. The fraction of sp³-hybridized carbons (Fsp3) is 1.00. The molecule has 0 fully saturated rings. The van der Waals surface area contributed by atoms with Crippen LogP contribution in [0.2, 0.25) is 0 Å². The molecule has 4 heteroatoms. The Morgan fingerprint density at radius 1 is 0.933 bits per heavy atom. The molecule has 4 N–H and O–H groups in total. The van der Waals surface area contributed by atoms with Crippen LogP contribution in [0, 0.1) is 0 Å². The molecule has 0 aromatic carbocycles. The number of ether oxygens (including phenoxy) is 2. The number of hydrogen-bond acceptors (Lipinski definition) is 4. The molecule has 0 rings (SSSR count). The van der Waals surface area contributed by atoms with Crippen LogP contribution < -0.4 is 11.5 Å². The van der Waals surface area contributed by atoms with Gasteiger partial charge in [-0.25, -0.2) is 0 Å². The highest BCUT2D eigenvalue weighted by atomic mass is 16.7. The molecular formula is C11H26N2O2. The minimum Gasteiger partial charge on any atom is -0.349 e. The van der Waals surface area contributed by atoms with E-state index in [9.17, 15) is 0 Å². The molecular weight excluding hydrogens is 192 g/mol. The first-order chi connectivity index (χ1) is 6.91. The third-order valence-corrected chi connectivity index (χ3v) is 2.34. The van der Waals surface area contributed by atoms with E-state index in [4.69, 9.17) is 20.9 Å². The lowest BCUT2D eigenvalue weighted by Gasteiger charge is -2.28. The van der Waals surface area contributed by atoms with Gasteiger partial charge in [0.15, 0.2) is 5.79 Å². The standard InChI is InChI=1S/C11H26N2O2/c1-5-9(12)7-14-11(3,4)15-8-10(13)6-2/h9-10H,5-8,12-13H2,1-4H3. The molecule has 0 saturated carbocycles. The molecule has 92 valence electrons. The summed E-state index contributed by atoms with van der Waals surface area (Å²) in [5.41, 5.74) is 11.5. The Balaban J connectivity index is 3.75. The van der Waals surface area contributed by atoms with E-state index in [-0.39, 0.29) is 12.1 Å². The maximum Gasteiger partial charge on any atom is 0.162 e. The predicted octanol–water partition coefficient (Wildman–Crippen LogP) is 1.23. The number of nitrogens with two attached hydrogens (primary N) is 2. The zero-order chi connectivity index (χ0) is 11.9. The third kappa shape index (κ3) is 7.73. The van der Waals surface area contributed by atoms with Gasteiger partial charge in [-0.05, 0) is 26.7 Å². The monoisotopic (exact) mass is 218 g/mol. The first kappa shape index (κ1) is 14.8. The quantitative estimate of drug-likeness (QED) is 0.601. The van der Waals surface area contributed by atoms with E-state index in [1.165, 1.54) is 0 Å². The summed E-state index contributed by atoms with van der Waals surface area (Å²) >= 11 is 0. The van der Waals surface area contributed by atoms with E-state index < -0.39 is 5.79 Å². The van der Waals surface area contributed by atoms with Crippen LogP contribution in [-0.4, -0.2) is 31.1 Å². The van der Waals surface area contributed by atoms with Crippen molar-refractivity contribution in [3.8, 4) is 0 Å². The highest BCUT2D eigenvalue weighted by molar-refractivity contribution is 4.63. The van der Waals surface area contributed by atoms with Gasteiger partial charge in [-0.3, -0.25) is 0 Å². The van der Waals surface area contributed by atoms with Crippen LogP contribution >= 0.6 is 0 Å². The Labute approximate surface area is 93.3 Å². The predicted molar refractivity (Wildman–Crippen MR) is 62.5 cm³/mol. The molecule has 0 amide bonds. The van der Waals surface area contributed by atoms with E-state index in [0.717, 1.165) is 12.8 Å². The Morgan fingerprint density at radius 3 is 1.53 bits per heavy atom. The highest BCUT2D eigenvalue weighted by Crippen LogP contribution is 2.12. The molecule has 4 nitrogen and oxygen atoms in total. The van der Waals surface area contributed by atoms with Crippen molar-refractivity contribution in [1.82, 2.24) is 0 Å². The minimum atomic E-state index is -0.598. The minimum absolute atomic E-state index is 0.0766. The van der Waals surface area contributed by atoms with Crippen LogP contribution in [0.3, 0.4) is 0 Å². The average molecular weight is 218 g/mol. The second-order valence-electron chi connectivity index (χ2n) is 4.36. The van der Waals surface area contributed by atoms with Crippen molar-refractivity contribution in [3.63, 3.8) is 0 Å². The first-order valence-corrected chi connectivity index (χ1v) is 5.70. The van der Waals surface area contributed by atoms with Gasteiger partial charge >= 0.3 is 0 Å². The van der Waals surface area contributed by atoms with Gasteiger partial charge in [0.25, 0.3) is 0 Å². The zero-order valence-corrected chi connectivity index (χ0v) is 10.5. The van der Waals surface area contributed by atoms with Crippen LogP contribution in [-0.2, 0) is 9.47 Å². The van der Waals surface area contributed by atoms with Crippen molar-refractivity contribution >= 4 is 0 Å². The van der Waals surface area contributed by atoms with Gasteiger partial charge in [-0.2, -0.15) is 0 Å². The van der Waals surface area contributed by atoms with Gasteiger partial charge in [-0.15, -0.1) is 0 Å². The number of rotatable bonds is 8. The van der Waals surface area contributed by atoms with E-state index >= 15 is 0 Å². The second kappa shape index (κ2) is 7.17. The molecule has 2 atom stereocenters. The smallest absolute Gasteiger partial charge is 0.162 e. The lowest BCUT2D eigenvalue weighted by atomic mass is 10.2. The van der Waals surface area contributed by atoms with Crippen molar-refractivity contribution in [2.24, 2.45) is 11.5 Å². The largest absolute Gasteiger partial charge is 0.349 e. The van der Waals surface area contributed by atoms with Crippen LogP contribution in [0.25, 0.3) is 0 Å². The highest BCUT2D eigenvalue weighted by Gasteiger charge is 2.20. The Hall–Kier alpha value is -0.160. The van der Waals surface area contributed by atoms with Crippen LogP contribution in [0.1, 0.15) is 40.5 Å². The summed E-state index contributed by atoms with van der Waals surface area (Å²) in [6.45, 7) is 8.88. The zero-order valence-electron chi connectivity index (χ0n) is 10.5. The molecule has 0 saturated heterocycles. The summed E-state index contributed by atoms with van der Waals surface area (Å²) in [6, 6.07) is 0.153. The maximum atomic E-state index is 5.76. The van der Waals surface area contributed by atoms with Crippen LogP contribution in [0.5, 0.6) is 0 Å². The van der Waals surface area contributed by atoms with E-state index in [1.807, 2.05) is 27.7 Å². The average Bonchev–Trinajstić information content (AvgIpc) is 2.22. The molecule has 0 aliphatic heterocycles. The normalized spacial score (nSPS) is 16.4. The summed E-state index contributed by atoms with van der Waals surface area (Å²) in [6.07, 6.45) is 1.81. The van der Waals surface area contributed by atoms with Gasteiger partial charge in [0.2, 0.25) is 0 Å². The van der Waals surface area contributed by atoms with Crippen molar-refractivity contribution in [2.75, 3.05) is 13.2 Å². The molecule has 0 aliphatic carbocycles. The second-order valence-corrected chi connectivity index (χ2v) is 4.36. The fourth-order valence-corrected chi connectivity index (χ4v) is 0.893. The van der Waals surface area contributed by atoms with Gasteiger partial charge in [0, 0.05) is 12.1 Å². The topological polar surface area (TPSA) is 70.5 Å². The van der Waals surface area contributed by atoms with Gasteiger partial charge in [0.1, 0.15) is 0 Å². The van der Waals surface area contributed by atoms with Crippen molar-refractivity contribution in [1.29, 1.82) is 0 Å². The summed E-state index contributed by atoms with van der Waals surface area (Å²) in [4.78, 5) is 0.